The van der Waals surface area contributed by atoms with Crippen LogP contribution in [0.2, 0.25) is 15.1 Å². The minimum absolute atomic E-state index is 0.0739. The van der Waals surface area contributed by atoms with Gasteiger partial charge in [-0.1, -0.05) is 66.8 Å². The van der Waals surface area contributed by atoms with Crippen LogP contribution in [0.5, 0.6) is 0 Å². The van der Waals surface area contributed by atoms with Crippen LogP contribution in [0.3, 0.4) is 0 Å². The van der Waals surface area contributed by atoms with E-state index in [1.54, 1.807) is 37.3 Å². The first-order valence-electron chi connectivity index (χ1n) is 10.7. The number of amides is 2. The zero-order chi connectivity index (χ0) is 25.5. The van der Waals surface area contributed by atoms with Crippen LogP contribution in [0.4, 0.5) is 5.69 Å². The highest BCUT2D eigenvalue weighted by Crippen LogP contribution is 2.29. The summed E-state index contributed by atoms with van der Waals surface area (Å²) in [7, 11) is -3.88. The van der Waals surface area contributed by atoms with Crippen molar-refractivity contribution in [1.29, 1.82) is 0 Å². The van der Waals surface area contributed by atoms with Crippen LogP contribution in [-0.2, 0) is 26.2 Å². The first kappa shape index (κ1) is 28.2. The largest absolute Gasteiger partial charge is 0.354 e. The minimum Gasteiger partial charge on any atom is -0.354 e. The number of rotatable bonds is 11. The Bertz CT molecular complexity index is 1110. The van der Waals surface area contributed by atoms with E-state index in [1.807, 2.05) is 6.92 Å². The number of nitrogens with one attached hydrogen (secondary N) is 1. The van der Waals surface area contributed by atoms with Crippen molar-refractivity contribution in [3.63, 3.8) is 0 Å². The summed E-state index contributed by atoms with van der Waals surface area (Å²) in [6.07, 6.45) is 2.01. The topological polar surface area (TPSA) is 86.8 Å². The minimum atomic E-state index is -3.88. The van der Waals surface area contributed by atoms with Gasteiger partial charge in [-0.05, 0) is 37.1 Å². The van der Waals surface area contributed by atoms with Crippen LogP contribution in [0, 0.1) is 0 Å². The maximum atomic E-state index is 13.6. The fourth-order valence-corrected chi connectivity index (χ4v) is 5.05. The lowest BCUT2D eigenvalue weighted by Crippen LogP contribution is -2.52. The highest BCUT2D eigenvalue weighted by molar-refractivity contribution is 7.92. The van der Waals surface area contributed by atoms with Gasteiger partial charge in [0.2, 0.25) is 21.8 Å². The van der Waals surface area contributed by atoms with E-state index in [2.05, 4.69) is 5.32 Å². The number of anilines is 1. The fraction of sp³-hybridized carbons (Fsp3) is 0.391. The van der Waals surface area contributed by atoms with Crippen molar-refractivity contribution in [2.45, 2.75) is 39.3 Å². The summed E-state index contributed by atoms with van der Waals surface area (Å²) in [5.74, 6) is -0.940. The maximum absolute atomic E-state index is 13.6. The summed E-state index contributed by atoms with van der Waals surface area (Å²) in [5, 5.41) is 3.65. The second-order valence-corrected chi connectivity index (χ2v) is 10.8. The van der Waals surface area contributed by atoms with Gasteiger partial charge in [-0.2, -0.15) is 0 Å². The Labute approximate surface area is 216 Å². The summed E-state index contributed by atoms with van der Waals surface area (Å²) < 4.78 is 26.1. The molecule has 0 saturated heterocycles. The zero-order valence-electron chi connectivity index (χ0n) is 19.2. The molecular weight excluding hydrogens is 521 g/mol. The van der Waals surface area contributed by atoms with E-state index in [1.165, 1.54) is 17.0 Å². The Morgan fingerprint density at radius 2 is 1.56 bits per heavy atom. The molecule has 34 heavy (non-hydrogen) atoms. The van der Waals surface area contributed by atoms with Gasteiger partial charge in [0, 0.05) is 28.7 Å². The SMILES string of the molecule is CCCNC(=O)C(CC)N(Cc1c(Cl)cccc1Cl)C(=O)CN(c1ccccc1Cl)S(C)(=O)=O. The molecular formula is C23H28Cl3N3O4S. The van der Waals surface area contributed by atoms with Crippen LogP contribution in [-0.4, -0.2) is 50.5 Å². The van der Waals surface area contributed by atoms with Crippen LogP contribution < -0.4 is 9.62 Å². The molecule has 0 spiro atoms. The Kier molecular flexibility index (Phi) is 10.5. The Morgan fingerprint density at radius 1 is 0.971 bits per heavy atom. The van der Waals surface area contributed by atoms with Gasteiger partial charge in [0.1, 0.15) is 12.6 Å². The van der Waals surface area contributed by atoms with Crippen molar-refractivity contribution >= 4 is 62.3 Å². The molecule has 0 bridgehead atoms. The lowest BCUT2D eigenvalue weighted by atomic mass is 10.1. The molecule has 186 valence electrons. The molecule has 0 fully saturated rings. The smallest absolute Gasteiger partial charge is 0.244 e. The molecule has 0 aliphatic rings. The first-order valence-corrected chi connectivity index (χ1v) is 13.7. The third kappa shape index (κ3) is 7.25. The molecule has 0 aliphatic carbocycles. The second-order valence-electron chi connectivity index (χ2n) is 7.66. The molecule has 2 aromatic carbocycles. The van der Waals surface area contributed by atoms with Crippen LogP contribution >= 0.6 is 34.8 Å². The molecule has 1 N–H and O–H groups in total. The van der Waals surface area contributed by atoms with Gasteiger partial charge in [0.05, 0.1) is 17.0 Å². The molecule has 1 unspecified atom stereocenters. The van der Waals surface area contributed by atoms with Crippen molar-refractivity contribution in [3.8, 4) is 0 Å². The Hall–Kier alpha value is -2.00. The number of sulfonamides is 1. The number of benzene rings is 2. The predicted octanol–water partition coefficient (Wildman–Crippen LogP) is 4.75. The normalized spacial score (nSPS) is 12.2. The molecule has 0 heterocycles. The quantitative estimate of drug-likeness (QED) is 0.439. The molecule has 1 atom stereocenters. The molecule has 11 heteroatoms. The van der Waals surface area contributed by atoms with E-state index >= 15 is 0 Å². The number of carbonyl (C=O) groups is 2. The third-order valence-corrected chi connectivity index (χ3v) is 7.28. The Morgan fingerprint density at radius 3 is 2.09 bits per heavy atom. The van der Waals surface area contributed by atoms with E-state index in [9.17, 15) is 18.0 Å². The van der Waals surface area contributed by atoms with Crippen molar-refractivity contribution in [1.82, 2.24) is 10.2 Å². The summed E-state index contributed by atoms with van der Waals surface area (Å²) in [4.78, 5) is 27.8. The average molecular weight is 549 g/mol. The van der Waals surface area contributed by atoms with Gasteiger partial charge < -0.3 is 10.2 Å². The van der Waals surface area contributed by atoms with Crippen LogP contribution in [0.1, 0.15) is 32.3 Å². The molecule has 0 radical (unpaired) electrons. The number of para-hydroxylation sites is 1. The van der Waals surface area contributed by atoms with E-state index in [-0.39, 0.29) is 23.2 Å². The third-order valence-electron chi connectivity index (χ3n) is 5.13. The van der Waals surface area contributed by atoms with E-state index in [4.69, 9.17) is 34.8 Å². The summed E-state index contributed by atoms with van der Waals surface area (Å²) >= 11 is 18.9. The zero-order valence-corrected chi connectivity index (χ0v) is 22.3. The van der Waals surface area contributed by atoms with Gasteiger partial charge in [-0.3, -0.25) is 13.9 Å². The van der Waals surface area contributed by atoms with Crippen LogP contribution in [0.15, 0.2) is 42.5 Å². The first-order chi connectivity index (χ1) is 16.0. The summed E-state index contributed by atoms with van der Waals surface area (Å²) in [5.41, 5.74) is 0.629. The molecule has 0 aliphatic heterocycles. The molecule has 2 aromatic rings. The summed E-state index contributed by atoms with van der Waals surface area (Å²) in [6.45, 7) is 3.51. The summed E-state index contributed by atoms with van der Waals surface area (Å²) in [6, 6.07) is 10.4. The number of carbonyl (C=O) groups excluding carboxylic acids is 2. The number of hydrogen-bond acceptors (Lipinski definition) is 4. The fourth-order valence-electron chi connectivity index (χ4n) is 3.39. The number of hydrogen-bond donors (Lipinski definition) is 1. The molecule has 0 aromatic heterocycles. The average Bonchev–Trinajstić information content (AvgIpc) is 2.77. The van der Waals surface area contributed by atoms with Gasteiger partial charge in [0.15, 0.2) is 0 Å². The van der Waals surface area contributed by atoms with Crippen LogP contribution in [0.25, 0.3) is 0 Å². The number of nitrogens with zero attached hydrogens (tertiary/aromatic N) is 2. The maximum Gasteiger partial charge on any atom is 0.244 e. The van der Waals surface area contributed by atoms with E-state index < -0.39 is 28.5 Å². The molecule has 0 saturated carbocycles. The molecule has 2 rings (SSSR count). The molecule has 7 nitrogen and oxygen atoms in total. The van der Waals surface area contributed by atoms with E-state index in [0.29, 0.717) is 28.6 Å². The van der Waals surface area contributed by atoms with Crippen molar-refractivity contribution in [2.75, 3.05) is 23.7 Å². The lowest BCUT2D eigenvalue weighted by Gasteiger charge is -2.33. The standard InChI is InChI=1S/C23H28Cl3N3O4S/c1-4-13-27-23(31)20(5-2)28(14-16-17(24)10-8-11-18(16)25)22(30)15-29(34(3,32)33)21-12-7-6-9-19(21)26/h6-12,20H,4-5,13-15H2,1-3H3,(H,27,31). The van der Waals surface area contributed by atoms with Crippen molar-refractivity contribution in [3.05, 3.63) is 63.1 Å². The number of halogens is 3. The van der Waals surface area contributed by atoms with Crippen molar-refractivity contribution < 1.29 is 18.0 Å². The van der Waals surface area contributed by atoms with E-state index in [0.717, 1.165) is 17.0 Å². The second kappa shape index (κ2) is 12.6. The highest BCUT2D eigenvalue weighted by Gasteiger charge is 2.32. The van der Waals surface area contributed by atoms with Crippen molar-refractivity contribution in [2.24, 2.45) is 0 Å². The predicted molar refractivity (Wildman–Crippen MR) is 138 cm³/mol. The van der Waals surface area contributed by atoms with Gasteiger partial charge >= 0.3 is 0 Å². The Balaban J connectivity index is 2.50. The highest BCUT2D eigenvalue weighted by atomic mass is 35.5. The lowest BCUT2D eigenvalue weighted by molar-refractivity contribution is -0.140. The monoisotopic (exact) mass is 547 g/mol. The van der Waals surface area contributed by atoms with Gasteiger partial charge in [-0.15, -0.1) is 0 Å². The van der Waals surface area contributed by atoms with Gasteiger partial charge in [-0.25, -0.2) is 8.42 Å². The molecule has 2 amide bonds. The van der Waals surface area contributed by atoms with Gasteiger partial charge in [0.25, 0.3) is 0 Å².